The smallest absolute Gasteiger partial charge is 0.389 e. The Kier molecular flexibility index (Phi) is 4.25. The number of anilines is 1. The normalized spacial score (nSPS) is 16.5. The molecule has 2 N–H and O–H groups in total. The summed E-state index contributed by atoms with van der Waals surface area (Å²) in [5, 5.41) is 0. The molecule has 2 nitrogen and oxygen atoms in total. The van der Waals surface area contributed by atoms with E-state index < -0.39 is 11.7 Å². The van der Waals surface area contributed by atoms with E-state index in [1.54, 1.807) is 0 Å². The lowest BCUT2D eigenvalue weighted by atomic mass is 10.1. The van der Waals surface area contributed by atoms with Crippen LogP contribution in [0.4, 0.5) is 18.9 Å². The molecule has 0 aliphatic carbocycles. The van der Waals surface area contributed by atoms with Crippen molar-refractivity contribution in [2.24, 2.45) is 5.73 Å². The first kappa shape index (κ1) is 14.5. The van der Waals surface area contributed by atoms with E-state index in [2.05, 4.69) is 4.90 Å². The molecule has 0 radical (unpaired) electrons. The summed E-state index contributed by atoms with van der Waals surface area (Å²) in [4.78, 5) is 1.83. The Labute approximate surface area is 119 Å². The second-order valence-corrected chi connectivity index (χ2v) is 5.86. The van der Waals surface area contributed by atoms with Gasteiger partial charge in [-0.3, -0.25) is 0 Å². The molecule has 0 bridgehead atoms. The number of thioether (sulfide) groups is 1. The van der Waals surface area contributed by atoms with Gasteiger partial charge in [0.05, 0.1) is 5.56 Å². The van der Waals surface area contributed by atoms with Gasteiger partial charge in [-0.25, -0.2) is 0 Å². The summed E-state index contributed by atoms with van der Waals surface area (Å²) in [5.41, 5.74) is 5.30. The van der Waals surface area contributed by atoms with E-state index in [4.69, 9.17) is 18.0 Å². The minimum absolute atomic E-state index is 0.0989. The minimum Gasteiger partial charge on any atom is -0.389 e. The van der Waals surface area contributed by atoms with Crippen molar-refractivity contribution in [3.05, 3.63) is 29.3 Å². The number of nitrogens with zero attached hydrogens (tertiary/aromatic N) is 1. The van der Waals surface area contributed by atoms with Crippen molar-refractivity contribution in [3.63, 3.8) is 0 Å². The molecule has 1 saturated heterocycles. The van der Waals surface area contributed by atoms with Crippen LogP contribution in [0, 0.1) is 0 Å². The van der Waals surface area contributed by atoms with Crippen LogP contribution in [0.2, 0.25) is 0 Å². The van der Waals surface area contributed by atoms with Crippen LogP contribution in [0.1, 0.15) is 11.1 Å². The van der Waals surface area contributed by atoms with Crippen molar-refractivity contribution in [2.45, 2.75) is 6.18 Å². The molecule has 19 heavy (non-hydrogen) atoms. The summed E-state index contributed by atoms with van der Waals surface area (Å²) < 4.78 is 38.6. The Morgan fingerprint density at radius 1 is 1.26 bits per heavy atom. The quantitative estimate of drug-likeness (QED) is 0.851. The van der Waals surface area contributed by atoms with Crippen molar-refractivity contribution >= 4 is 34.7 Å². The van der Waals surface area contributed by atoms with E-state index in [-0.39, 0.29) is 10.6 Å². The van der Waals surface area contributed by atoms with Gasteiger partial charge in [-0.15, -0.1) is 0 Å². The SMILES string of the molecule is NC(=S)c1cc(N2CCSCC2)ccc1C(F)(F)F. The largest absolute Gasteiger partial charge is 0.417 e. The number of alkyl halides is 3. The average molecular weight is 306 g/mol. The predicted molar refractivity (Wildman–Crippen MR) is 76.9 cm³/mol. The van der Waals surface area contributed by atoms with Crippen LogP contribution < -0.4 is 10.6 Å². The fourth-order valence-corrected chi connectivity index (χ4v) is 3.07. The van der Waals surface area contributed by atoms with Crippen LogP contribution in [0.25, 0.3) is 0 Å². The van der Waals surface area contributed by atoms with Crippen molar-refractivity contribution in [2.75, 3.05) is 29.5 Å². The van der Waals surface area contributed by atoms with E-state index in [1.807, 2.05) is 11.8 Å². The standard InChI is InChI=1S/C12H13F3N2S2/c13-12(14,15)10-2-1-8(7-9(10)11(16)18)17-3-5-19-6-4-17/h1-2,7H,3-6H2,(H2,16,18). The monoisotopic (exact) mass is 306 g/mol. The van der Waals surface area contributed by atoms with E-state index >= 15 is 0 Å². The molecule has 1 aromatic rings. The zero-order valence-electron chi connectivity index (χ0n) is 10.0. The second kappa shape index (κ2) is 5.58. The van der Waals surface area contributed by atoms with E-state index in [0.29, 0.717) is 0 Å². The van der Waals surface area contributed by atoms with Crippen LogP contribution in [0.5, 0.6) is 0 Å². The Hall–Kier alpha value is -0.950. The molecule has 2 rings (SSSR count). The molecule has 104 valence electrons. The van der Waals surface area contributed by atoms with Gasteiger partial charge in [0.25, 0.3) is 0 Å². The maximum Gasteiger partial charge on any atom is 0.417 e. The van der Waals surface area contributed by atoms with Crippen molar-refractivity contribution < 1.29 is 13.2 Å². The molecule has 1 aliphatic rings. The topological polar surface area (TPSA) is 29.3 Å². The lowest BCUT2D eigenvalue weighted by molar-refractivity contribution is -0.137. The van der Waals surface area contributed by atoms with Crippen LogP contribution >= 0.6 is 24.0 Å². The summed E-state index contributed by atoms with van der Waals surface area (Å²) in [7, 11) is 0. The lowest BCUT2D eigenvalue weighted by Crippen LogP contribution is -2.32. The molecule has 1 aromatic carbocycles. The zero-order valence-corrected chi connectivity index (χ0v) is 11.7. The summed E-state index contributed by atoms with van der Waals surface area (Å²) in [6, 6.07) is 3.99. The Bertz CT molecular complexity index is 482. The molecule has 0 saturated carbocycles. The molecule has 0 spiro atoms. The molecule has 0 amide bonds. The molecule has 0 atom stereocenters. The van der Waals surface area contributed by atoms with Gasteiger partial charge in [0.15, 0.2) is 0 Å². The third-order valence-corrected chi connectivity index (χ3v) is 4.11. The molecular formula is C12H13F3N2S2. The maximum absolute atomic E-state index is 12.9. The minimum atomic E-state index is -4.44. The molecule has 0 aromatic heterocycles. The van der Waals surface area contributed by atoms with Gasteiger partial charge >= 0.3 is 6.18 Å². The lowest BCUT2D eigenvalue weighted by Gasteiger charge is -2.29. The highest BCUT2D eigenvalue weighted by molar-refractivity contribution is 7.99. The second-order valence-electron chi connectivity index (χ2n) is 4.19. The predicted octanol–water partition coefficient (Wildman–Crippen LogP) is 2.89. The Morgan fingerprint density at radius 2 is 1.89 bits per heavy atom. The fraction of sp³-hybridized carbons (Fsp3) is 0.417. The van der Waals surface area contributed by atoms with Gasteiger partial charge in [-0.1, -0.05) is 12.2 Å². The Morgan fingerprint density at radius 3 is 2.42 bits per heavy atom. The van der Waals surface area contributed by atoms with Crippen molar-refractivity contribution in [1.29, 1.82) is 0 Å². The molecule has 0 unspecified atom stereocenters. The van der Waals surface area contributed by atoms with Gasteiger partial charge in [-0.2, -0.15) is 24.9 Å². The fourth-order valence-electron chi connectivity index (χ4n) is 2.00. The van der Waals surface area contributed by atoms with E-state index in [0.717, 1.165) is 36.3 Å². The summed E-state index contributed by atoms with van der Waals surface area (Å²) >= 11 is 6.57. The first-order chi connectivity index (χ1) is 8.89. The van der Waals surface area contributed by atoms with Crippen LogP contribution in [-0.4, -0.2) is 29.6 Å². The van der Waals surface area contributed by atoms with Crippen LogP contribution in [0.3, 0.4) is 0 Å². The van der Waals surface area contributed by atoms with Gasteiger partial charge in [0.1, 0.15) is 4.99 Å². The highest BCUT2D eigenvalue weighted by Crippen LogP contribution is 2.34. The van der Waals surface area contributed by atoms with Gasteiger partial charge in [0, 0.05) is 35.8 Å². The van der Waals surface area contributed by atoms with Crippen LogP contribution in [-0.2, 0) is 6.18 Å². The number of nitrogens with two attached hydrogens (primary N) is 1. The number of halogens is 3. The number of thiocarbonyl (C=S) groups is 1. The summed E-state index contributed by atoms with van der Waals surface area (Å²) in [6.45, 7) is 1.65. The van der Waals surface area contributed by atoms with Crippen LogP contribution in [0.15, 0.2) is 18.2 Å². The third-order valence-electron chi connectivity index (χ3n) is 2.95. The van der Waals surface area contributed by atoms with E-state index in [9.17, 15) is 13.2 Å². The number of hydrogen-bond donors (Lipinski definition) is 1. The maximum atomic E-state index is 12.9. The first-order valence-electron chi connectivity index (χ1n) is 5.73. The van der Waals surface area contributed by atoms with Gasteiger partial charge in [-0.05, 0) is 18.2 Å². The first-order valence-corrected chi connectivity index (χ1v) is 7.29. The molecule has 1 aliphatic heterocycles. The number of hydrogen-bond acceptors (Lipinski definition) is 3. The molecule has 1 heterocycles. The van der Waals surface area contributed by atoms with Gasteiger partial charge < -0.3 is 10.6 Å². The van der Waals surface area contributed by atoms with Crippen molar-refractivity contribution in [1.82, 2.24) is 0 Å². The zero-order chi connectivity index (χ0) is 14.0. The highest BCUT2D eigenvalue weighted by Gasteiger charge is 2.34. The molecular weight excluding hydrogens is 293 g/mol. The summed E-state index contributed by atoms with van der Waals surface area (Å²) in [5.74, 6) is 1.95. The van der Waals surface area contributed by atoms with Gasteiger partial charge in [0.2, 0.25) is 0 Å². The third kappa shape index (κ3) is 3.33. The number of rotatable bonds is 2. The number of benzene rings is 1. The van der Waals surface area contributed by atoms with Crippen molar-refractivity contribution in [3.8, 4) is 0 Å². The Balaban J connectivity index is 2.38. The average Bonchev–Trinajstić information content (AvgIpc) is 2.38. The molecule has 7 heteroatoms. The molecule has 1 fully saturated rings. The highest BCUT2D eigenvalue weighted by atomic mass is 32.2. The summed E-state index contributed by atoms with van der Waals surface area (Å²) in [6.07, 6.45) is -4.44. The van der Waals surface area contributed by atoms with E-state index in [1.165, 1.54) is 12.1 Å².